The highest BCUT2D eigenvalue weighted by Gasteiger charge is 2.22. The smallest absolute Gasteiger partial charge is 0.223 e. The van der Waals surface area contributed by atoms with Crippen LogP contribution in [0.2, 0.25) is 0 Å². The zero-order valence-corrected chi connectivity index (χ0v) is 9.45. The van der Waals surface area contributed by atoms with E-state index in [0.717, 1.165) is 24.3 Å². The van der Waals surface area contributed by atoms with E-state index in [4.69, 9.17) is 0 Å². The van der Waals surface area contributed by atoms with Crippen LogP contribution in [0.1, 0.15) is 12.5 Å². The van der Waals surface area contributed by atoms with Crippen LogP contribution in [-0.4, -0.2) is 26.5 Å². The van der Waals surface area contributed by atoms with Gasteiger partial charge in [-0.3, -0.25) is 4.79 Å². The lowest BCUT2D eigenvalue weighted by atomic mass is 10.1. The van der Waals surface area contributed by atoms with Crippen LogP contribution in [0.25, 0.3) is 0 Å². The second-order valence-corrected chi connectivity index (χ2v) is 4.13. The van der Waals surface area contributed by atoms with E-state index < -0.39 is 0 Å². The Balaban J connectivity index is 2.42. The van der Waals surface area contributed by atoms with Gasteiger partial charge in [-0.15, -0.1) is 0 Å². The molecule has 0 radical (unpaired) electrons. The molecule has 0 atom stereocenters. The lowest BCUT2D eigenvalue weighted by Crippen LogP contribution is -2.25. The van der Waals surface area contributed by atoms with Crippen molar-refractivity contribution in [3.8, 4) is 0 Å². The first-order chi connectivity index (χ1) is 7.09. The van der Waals surface area contributed by atoms with Gasteiger partial charge in [0.05, 0.1) is 0 Å². The Hall–Kier alpha value is -1.51. The predicted octanol–water partition coefficient (Wildman–Crippen LogP) is 1.66. The summed E-state index contributed by atoms with van der Waals surface area (Å²) in [7, 11) is 4.02. The largest absolute Gasteiger partial charge is 0.378 e. The van der Waals surface area contributed by atoms with E-state index in [1.807, 2.05) is 19.0 Å². The number of benzene rings is 1. The first-order valence-corrected chi connectivity index (χ1v) is 5.18. The normalized spacial score (nSPS) is 13.9. The lowest BCUT2D eigenvalue weighted by molar-refractivity contribution is -0.116. The molecule has 1 aliphatic heterocycles. The third kappa shape index (κ3) is 1.69. The number of carbonyl (C=O) groups excluding carboxylic acids is 1. The maximum atomic E-state index is 11.4. The van der Waals surface area contributed by atoms with Crippen molar-refractivity contribution in [1.29, 1.82) is 0 Å². The monoisotopic (exact) mass is 204 g/mol. The molecule has 1 aliphatic rings. The number of anilines is 2. The first-order valence-electron chi connectivity index (χ1n) is 5.18. The number of fused-ring (bicyclic) bond motifs is 1. The number of rotatable bonds is 1. The number of hydrogen-bond donors (Lipinski definition) is 0. The van der Waals surface area contributed by atoms with E-state index >= 15 is 0 Å². The van der Waals surface area contributed by atoms with Crippen LogP contribution in [0.3, 0.4) is 0 Å². The van der Waals surface area contributed by atoms with Gasteiger partial charge < -0.3 is 9.80 Å². The number of hydrogen-bond acceptors (Lipinski definition) is 2. The average Bonchev–Trinajstić information content (AvgIpc) is 2.59. The van der Waals surface area contributed by atoms with E-state index in [-0.39, 0.29) is 5.91 Å². The fourth-order valence-electron chi connectivity index (χ4n) is 1.97. The highest BCUT2D eigenvalue weighted by Crippen LogP contribution is 2.31. The Labute approximate surface area is 90.3 Å². The summed E-state index contributed by atoms with van der Waals surface area (Å²) in [6.45, 7) is 2.44. The summed E-state index contributed by atoms with van der Waals surface area (Å²) >= 11 is 0. The molecule has 0 saturated heterocycles. The first kappa shape index (κ1) is 10.0. The van der Waals surface area contributed by atoms with Gasteiger partial charge >= 0.3 is 0 Å². The van der Waals surface area contributed by atoms with Crippen LogP contribution < -0.4 is 9.80 Å². The zero-order chi connectivity index (χ0) is 11.0. The van der Waals surface area contributed by atoms with Gasteiger partial charge in [0.2, 0.25) is 5.91 Å². The van der Waals surface area contributed by atoms with Crippen LogP contribution in [0.15, 0.2) is 18.2 Å². The molecule has 80 valence electrons. The topological polar surface area (TPSA) is 23.6 Å². The Morgan fingerprint density at radius 2 is 2.13 bits per heavy atom. The zero-order valence-electron chi connectivity index (χ0n) is 9.45. The maximum Gasteiger partial charge on any atom is 0.223 e. The number of amides is 1. The van der Waals surface area contributed by atoms with Crippen LogP contribution in [-0.2, 0) is 11.2 Å². The van der Waals surface area contributed by atoms with Crippen molar-refractivity contribution < 1.29 is 4.79 Å². The van der Waals surface area contributed by atoms with E-state index in [2.05, 4.69) is 23.1 Å². The van der Waals surface area contributed by atoms with Crippen molar-refractivity contribution in [2.24, 2.45) is 0 Å². The second kappa shape index (κ2) is 3.57. The molecular weight excluding hydrogens is 188 g/mol. The Morgan fingerprint density at radius 1 is 1.40 bits per heavy atom. The molecule has 1 aromatic rings. The summed E-state index contributed by atoms with van der Waals surface area (Å²) in [6, 6.07) is 6.31. The molecule has 1 aromatic carbocycles. The SMILES string of the molecule is CC(=O)N1CCc2ccc(N(C)C)cc21. The second-order valence-electron chi connectivity index (χ2n) is 4.13. The highest BCUT2D eigenvalue weighted by molar-refractivity contribution is 5.94. The van der Waals surface area contributed by atoms with Crippen LogP contribution in [0.4, 0.5) is 11.4 Å². The molecule has 0 unspecified atom stereocenters. The van der Waals surface area contributed by atoms with Crippen molar-refractivity contribution in [2.45, 2.75) is 13.3 Å². The summed E-state index contributed by atoms with van der Waals surface area (Å²) < 4.78 is 0. The minimum atomic E-state index is 0.129. The average molecular weight is 204 g/mol. The van der Waals surface area contributed by atoms with Crippen molar-refractivity contribution >= 4 is 17.3 Å². The minimum Gasteiger partial charge on any atom is -0.378 e. The molecule has 0 aliphatic carbocycles. The van der Waals surface area contributed by atoms with Crippen molar-refractivity contribution in [2.75, 3.05) is 30.4 Å². The molecule has 0 aromatic heterocycles. The van der Waals surface area contributed by atoms with E-state index in [1.54, 1.807) is 6.92 Å². The molecule has 0 spiro atoms. The van der Waals surface area contributed by atoms with Gasteiger partial charge in [-0.05, 0) is 24.1 Å². The quantitative estimate of drug-likeness (QED) is 0.694. The summed E-state index contributed by atoms with van der Waals surface area (Å²) in [5.41, 5.74) is 3.49. The van der Waals surface area contributed by atoms with Crippen LogP contribution >= 0.6 is 0 Å². The van der Waals surface area contributed by atoms with Gasteiger partial charge in [0.25, 0.3) is 0 Å². The Morgan fingerprint density at radius 3 is 2.73 bits per heavy atom. The molecule has 15 heavy (non-hydrogen) atoms. The third-order valence-electron chi connectivity index (χ3n) is 2.86. The Kier molecular flexibility index (Phi) is 2.39. The molecule has 0 fully saturated rings. The van der Waals surface area contributed by atoms with Gasteiger partial charge in [-0.1, -0.05) is 6.07 Å². The minimum absolute atomic E-state index is 0.129. The van der Waals surface area contributed by atoms with Gasteiger partial charge in [0, 0.05) is 38.9 Å². The van der Waals surface area contributed by atoms with Crippen molar-refractivity contribution in [1.82, 2.24) is 0 Å². The molecule has 3 nitrogen and oxygen atoms in total. The standard InChI is InChI=1S/C12H16N2O/c1-9(15)14-7-6-10-4-5-11(13(2)3)8-12(10)14/h4-5,8H,6-7H2,1-3H3. The summed E-state index contributed by atoms with van der Waals surface area (Å²) in [5.74, 6) is 0.129. The number of carbonyl (C=O) groups is 1. The molecule has 0 bridgehead atoms. The molecule has 1 heterocycles. The molecule has 1 amide bonds. The fraction of sp³-hybridized carbons (Fsp3) is 0.417. The van der Waals surface area contributed by atoms with E-state index in [9.17, 15) is 4.79 Å². The maximum absolute atomic E-state index is 11.4. The predicted molar refractivity (Wildman–Crippen MR) is 62.5 cm³/mol. The molecular formula is C12H16N2O. The van der Waals surface area contributed by atoms with Gasteiger partial charge in [-0.2, -0.15) is 0 Å². The van der Waals surface area contributed by atoms with Crippen molar-refractivity contribution in [3.63, 3.8) is 0 Å². The van der Waals surface area contributed by atoms with E-state index in [1.165, 1.54) is 5.56 Å². The summed E-state index contributed by atoms with van der Waals surface area (Å²) in [4.78, 5) is 15.3. The molecule has 2 rings (SSSR count). The van der Waals surface area contributed by atoms with Gasteiger partial charge in [0.15, 0.2) is 0 Å². The van der Waals surface area contributed by atoms with Gasteiger partial charge in [-0.25, -0.2) is 0 Å². The lowest BCUT2D eigenvalue weighted by Gasteiger charge is -2.18. The van der Waals surface area contributed by atoms with Crippen LogP contribution in [0.5, 0.6) is 0 Å². The van der Waals surface area contributed by atoms with Gasteiger partial charge in [0.1, 0.15) is 0 Å². The van der Waals surface area contributed by atoms with E-state index in [0.29, 0.717) is 0 Å². The third-order valence-corrected chi connectivity index (χ3v) is 2.86. The summed E-state index contributed by atoms with van der Waals surface area (Å²) in [5, 5.41) is 0. The fourth-order valence-corrected chi connectivity index (χ4v) is 1.97. The number of nitrogens with zero attached hydrogens (tertiary/aromatic N) is 2. The van der Waals surface area contributed by atoms with Crippen LogP contribution in [0, 0.1) is 0 Å². The van der Waals surface area contributed by atoms with Crippen molar-refractivity contribution in [3.05, 3.63) is 23.8 Å². The molecule has 0 N–H and O–H groups in total. The Bertz CT molecular complexity index is 399. The molecule has 0 saturated carbocycles. The highest BCUT2D eigenvalue weighted by atomic mass is 16.2. The summed E-state index contributed by atoms with van der Waals surface area (Å²) in [6.07, 6.45) is 0.975. The molecule has 3 heteroatoms.